The van der Waals surface area contributed by atoms with Crippen molar-refractivity contribution in [1.29, 1.82) is 0 Å². The van der Waals surface area contributed by atoms with Crippen molar-refractivity contribution in [3.8, 4) is 0 Å². The number of hydrogen-bond acceptors (Lipinski definition) is 2. The van der Waals surface area contributed by atoms with Crippen LogP contribution < -0.4 is 5.32 Å². The molecule has 3 heteroatoms. The zero-order chi connectivity index (χ0) is 13.2. The van der Waals surface area contributed by atoms with E-state index in [1.807, 2.05) is 12.1 Å². The van der Waals surface area contributed by atoms with Crippen molar-refractivity contribution in [2.45, 2.75) is 38.3 Å². The largest absolute Gasteiger partial charge is 0.311 e. The number of rotatable bonds is 5. The van der Waals surface area contributed by atoms with Crippen LogP contribution in [0.4, 0.5) is 4.39 Å². The van der Waals surface area contributed by atoms with Gasteiger partial charge in [-0.1, -0.05) is 12.1 Å². The van der Waals surface area contributed by atoms with Gasteiger partial charge in [0.1, 0.15) is 5.82 Å². The highest BCUT2D eigenvalue weighted by Gasteiger charge is 2.38. The Bertz CT molecular complexity index is 411. The van der Waals surface area contributed by atoms with Gasteiger partial charge in [0.15, 0.2) is 0 Å². The fourth-order valence-electron chi connectivity index (χ4n) is 2.55. The molecule has 0 radical (unpaired) electrons. The molecule has 2 nitrogen and oxygen atoms in total. The molecule has 0 aromatic heterocycles. The first-order valence-electron chi connectivity index (χ1n) is 6.67. The Hall–Kier alpha value is -0.930. The Morgan fingerprint density at radius 1 is 1.33 bits per heavy atom. The standard InChI is InChI=1S/C15H23FN2/c1-12-5-6-13(9-14(12)16)10-17-11-15(18(2)3)7-4-8-15/h5-6,9,17H,4,7-8,10-11H2,1-3H3. The van der Waals surface area contributed by atoms with E-state index < -0.39 is 0 Å². The predicted molar refractivity (Wildman–Crippen MR) is 73.1 cm³/mol. The van der Waals surface area contributed by atoms with Crippen LogP contribution in [0.5, 0.6) is 0 Å². The summed E-state index contributed by atoms with van der Waals surface area (Å²) in [6.07, 6.45) is 3.84. The van der Waals surface area contributed by atoms with Crippen LogP contribution in [0.25, 0.3) is 0 Å². The van der Waals surface area contributed by atoms with Crippen LogP contribution in [-0.2, 0) is 6.54 Å². The monoisotopic (exact) mass is 250 g/mol. The average Bonchev–Trinajstić information content (AvgIpc) is 2.26. The first-order valence-corrected chi connectivity index (χ1v) is 6.67. The van der Waals surface area contributed by atoms with Crippen molar-refractivity contribution in [2.75, 3.05) is 20.6 Å². The van der Waals surface area contributed by atoms with Gasteiger partial charge in [-0.3, -0.25) is 0 Å². The van der Waals surface area contributed by atoms with Crippen LogP contribution in [0.2, 0.25) is 0 Å². The van der Waals surface area contributed by atoms with Crippen LogP contribution in [0.3, 0.4) is 0 Å². The molecule has 0 aliphatic heterocycles. The molecular weight excluding hydrogens is 227 g/mol. The summed E-state index contributed by atoms with van der Waals surface area (Å²) < 4.78 is 13.4. The lowest BCUT2D eigenvalue weighted by atomic mass is 9.75. The molecule has 18 heavy (non-hydrogen) atoms. The second-order valence-corrected chi connectivity index (χ2v) is 5.66. The number of nitrogens with zero attached hydrogens (tertiary/aromatic N) is 1. The highest BCUT2D eigenvalue weighted by Crippen LogP contribution is 2.35. The number of halogens is 1. The Balaban J connectivity index is 1.86. The molecular formula is C15H23FN2. The molecule has 0 amide bonds. The normalized spacial score (nSPS) is 17.8. The Morgan fingerprint density at radius 2 is 2.06 bits per heavy atom. The van der Waals surface area contributed by atoms with Crippen molar-refractivity contribution < 1.29 is 4.39 Å². The van der Waals surface area contributed by atoms with E-state index in [1.54, 1.807) is 13.0 Å². The molecule has 0 saturated heterocycles. The Kier molecular flexibility index (Phi) is 4.03. The molecule has 0 atom stereocenters. The summed E-state index contributed by atoms with van der Waals surface area (Å²) >= 11 is 0. The van der Waals surface area contributed by atoms with E-state index in [4.69, 9.17) is 0 Å². The maximum atomic E-state index is 13.4. The molecule has 1 aromatic carbocycles. The van der Waals surface area contributed by atoms with Gasteiger partial charge < -0.3 is 10.2 Å². The van der Waals surface area contributed by atoms with E-state index in [1.165, 1.54) is 19.3 Å². The summed E-state index contributed by atoms with van der Waals surface area (Å²) in [5, 5.41) is 3.46. The molecule has 0 unspecified atom stereocenters. The van der Waals surface area contributed by atoms with E-state index in [0.29, 0.717) is 11.1 Å². The van der Waals surface area contributed by atoms with Gasteiger partial charge in [0.2, 0.25) is 0 Å². The molecule has 1 aromatic rings. The highest BCUT2D eigenvalue weighted by atomic mass is 19.1. The first kappa shape index (κ1) is 13.5. The van der Waals surface area contributed by atoms with Crippen LogP contribution in [0.1, 0.15) is 30.4 Å². The summed E-state index contributed by atoms with van der Waals surface area (Å²) in [4.78, 5) is 2.32. The van der Waals surface area contributed by atoms with Crippen LogP contribution in [0, 0.1) is 12.7 Å². The lowest BCUT2D eigenvalue weighted by Gasteiger charge is -2.47. The summed E-state index contributed by atoms with van der Waals surface area (Å²) in [7, 11) is 4.29. The smallest absolute Gasteiger partial charge is 0.126 e. The zero-order valence-electron chi connectivity index (χ0n) is 11.6. The third-order valence-corrected chi connectivity index (χ3v) is 4.25. The van der Waals surface area contributed by atoms with E-state index in [-0.39, 0.29) is 5.82 Å². The topological polar surface area (TPSA) is 15.3 Å². The molecule has 0 bridgehead atoms. The van der Waals surface area contributed by atoms with Gasteiger partial charge in [-0.05, 0) is 57.5 Å². The maximum Gasteiger partial charge on any atom is 0.126 e. The molecule has 100 valence electrons. The predicted octanol–water partition coefficient (Wildman–Crippen LogP) is 2.71. The third-order valence-electron chi connectivity index (χ3n) is 4.25. The van der Waals surface area contributed by atoms with E-state index in [0.717, 1.165) is 18.7 Å². The summed E-state index contributed by atoms with van der Waals surface area (Å²) in [5.74, 6) is -0.111. The number of benzene rings is 1. The number of hydrogen-bond donors (Lipinski definition) is 1. The second-order valence-electron chi connectivity index (χ2n) is 5.66. The molecule has 1 fully saturated rings. The lowest BCUT2D eigenvalue weighted by molar-refractivity contribution is 0.0598. The fraction of sp³-hybridized carbons (Fsp3) is 0.600. The van der Waals surface area contributed by atoms with Crippen LogP contribution in [0.15, 0.2) is 18.2 Å². The minimum absolute atomic E-state index is 0.111. The quantitative estimate of drug-likeness (QED) is 0.864. The summed E-state index contributed by atoms with van der Waals surface area (Å²) in [6, 6.07) is 5.47. The second kappa shape index (κ2) is 5.37. The SMILES string of the molecule is Cc1ccc(CNCC2(N(C)C)CCC2)cc1F. The molecule has 1 saturated carbocycles. The number of nitrogens with one attached hydrogen (secondary N) is 1. The number of likely N-dealkylation sites (N-methyl/N-ethyl adjacent to an activating group) is 1. The van der Waals surface area contributed by atoms with E-state index in [2.05, 4.69) is 24.3 Å². The van der Waals surface area contributed by atoms with Crippen molar-refractivity contribution in [3.63, 3.8) is 0 Å². The highest BCUT2D eigenvalue weighted by molar-refractivity contribution is 5.23. The third kappa shape index (κ3) is 2.73. The number of aryl methyl sites for hydroxylation is 1. The minimum Gasteiger partial charge on any atom is -0.311 e. The van der Waals surface area contributed by atoms with Crippen molar-refractivity contribution in [3.05, 3.63) is 35.1 Å². The van der Waals surface area contributed by atoms with Gasteiger partial charge in [-0.2, -0.15) is 0 Å². The molecule has 2 rings (SSSR count). The Morgan fingerprint density at radius 3 is 2.56 bits per heavy atom. The van der Waals surface area contributed by atoms with Gasteiger partial charge in [0.05, 0.1) is 0 Å². The van der Waals surface area contributed by atoms with Gasteiger partial charge in [0, 0.05) is 18.6 Å². The van der Waals surface area contributed by atoms with Crippen molar-refractivity contribution in [1.82, 2.24) is 10.2 Å². The lowest BCUT2D eigenvalue weighted by Crippen LogP contribution is -2.56. The summed E-state index contributed by atoms with van der Waals surface area (Å²) in [5.41, 5.74) is 2.05. The molecule has 0 heterocycles. The van der Waals surface area contributed by atoms with Crippen LogP contribution in [-0.4, -0.2) is 31.1 Å². The van der Waals surface area contributed by atoms with Gasteiger partial charge in [-0.25, -0.2) is 4.39 Å². The first-order chi connectivity index (χ1) is 8.53. The minimum atomic E-state index is -0.111. The van der Waals surface area contributed by atoms with Gasteiger partial charge in [0.25, 0.3) is 0 Å². The van der Waals surface area contributed by atoms with Crippen molar-refractivity contribution in [2.24, 2.45) is 0 Å². The molecule has 1 N–H and O–H groups in total. The van der Waals surface area contributed by atoms with Gasteiger partial charge >= 0.3 is 0 Å². The maximum absolute atomic E-state index is 13.4. The average molecular weight is 250 g/mol. The Labute approximate surface area is 109 Å². The van der Waals surface area contributed by atoms with Crippen molar-refractivity contribution >= 4 is 0 Å². The molecule has 0 spiro atoms. The van der Waals surface area contributed by atoms with E-state index >= 15 is 0 Å². The summed E-state index contributed by atoms with van der Waals surface area (Å²) in [6.45, 7) is 3.52. The molecule has 1 aliphatic carbocycles. The fourth-order valence-corrected chi connectivity index (χ4v) is 2.55. The van der Waals surface area contributed by atoms with Crippen LogP contribution >= 0.6 is 0 Å². The van der Waals surface area contributed by atoms with E-state index in [9.17, 15) is 4.39 Å². The van der Waals surface area contributed by atoms with Gasteiger partial charge in [-0.15, -0.1) is 0 Å². The zero-order valence-corrected chi connectivity index (χ0v) is 11.6. The molecule has 1 aliphatic rings.